The number of ether oxygens (including phenoxy) is 3. The lowest BCUT2D eigenvalue weighted by Gasteiger charge is -2.32. The van der Waals surface area contributed by atoms with Crippen molar-refractivity contribution in [3.05, 3.63) is 0 Å². The van der Waals surface area contributed by atoms with E-state index in [1.54, 1.807) is 27.9 Å². The fourth-order valence-electron chi connectivity index (χ4n) is 2.32. The molecule has 1 fully saturated rings. The molecule has 1 heterocycles. The number of nitrogens with one attached hydrogen (secondary N) is 1. The zero-order chi connectivity index (χ0) is 18.5. The van der Waals surface area contributed by atoms with Gasteiger partial charge in [-0.25, -0.2) is 4.79 Å². The third-order valence-corrected chi connectivity index (χ3v) is 3.47. The predicted molar refractivity (Wildman–Crippen MR) is 85.9 cm³/mol. The summed E-state index contributed by atoms with van der Waals surface area (Å²) in [4.78, 5) is 37.0. The van der Waals surface area contributed by atoms with Gasteiger partial charge in [-0.3, -0.25) is 9.59 Å². The minimum atomic E-state index is -1.03. The Labute approximate surface area is 142 Å². The van der Waals surface area contributed by atoms with Gasteiger partial charge in [0.2, 0.25) is 5.91 Å². The van der Waals surface area contributed by atoms with E-state index in [1.165, 1.54) is 4.90 Å². The quantitative estimate of drug-likeness (QED) is 0.367. The lowest BCUT2D eigenvalue weighted by molar-refractivity contribution is -0.150. The zero-order valence-electron chi connectivity index (χ0n) is 15.3. The number of carbonyl (C=O) groups is 3. The Bertz CT molecular complexity index is 479. The first-order valence-electron chi connectivity index (χ1n) is 8.08. The summed E-state index contributed by atoms with van der Waals surface area (Å²) in [5.74, 6) is -0.975. The number of likely N-dealkylation sites (N-methyl/N-ethyl adjacent to an activating group) is 1. The maximum atomic E-state index is 12.3. The van der Waals surface area contributed by atoms with Gasteiger partial charge >= 0.3 is 5.97 Å². The van der Waals surface area contributed by atoms with Crippen LogP contribution in [-0.2, 0) is 28.6 Å². The van der Waals surface area contributed by atoms with Crippen molar-refractivity contribution < 1.29 is 28.6 Å². The molecule has 0 radical (unpaired) electrons. The molecule has 0 spiro atoms. The normalized spacial score (nSPS) is 21.8. The number of esters is 1. The van der Waals surface area contributed by atoms with Crippen molar-refractivity contribution in [1.29, 1.82) is 0 Å². The monoisotopic (exact) mass is 344 g/mol. The molecule has 1 rings (SSSR count). The average molecular weight is 344 g/mol. The second kappa shape index (κ2) is 8.43. The molecule has 8 heteroatoms. The molecule has 0 aromatic heterocycles. The van der Waals surface area contributed by atoms with E-state index in [9.17, 15) is 14.4 Å². The minimum absolute atomic E-state index is 0.149. The van der Waals surface area contributed by atoms with Crippen molar-refractivity contribution in [1.82, 2.24) is 10.2 Å². The number of epoxide rings is 1. The van der Waals surface area contributed by atoms with Gasteiger partial charge in [0.05, 0.1) is 6.61 Å². The molecule has 3 atom stereocenters. The number of hydrogen-bond acceptors (Lipinski definition) is 6. The fourth-order valence-corrected chi connectivity index (χ4v) is 2.32. The molecule has 1 aliphatic rings. The third kappa shape index (κ3) is 6.09. The largest absolute Gasteiger partial charge is 0.464 e. The summed E-state index contributed by atoms with van der Waals surface area (Å²) in [6.45, 7) is 7.44. The molecular weight excluding hydrogens is 316 g/mol. The topological polar surface area (TPSA) is 97.5 Å². The van der Waals surface area contributed by atoms with Crippen LogP contribution in [0.3, 0.4) is 0 Å². The molecule has 1 saturated heterocycles. The molecule has 0 aliphatic carbocycles. The first-order valence-corrected chi connectivity index (χ1v) is 8.08. The molecular formula is C16H28N2O6. The summed E-state index contributed by atoms with van der Waals surface area (Å²) in [7, 11) is 3.26. The number of rotatable bonds is 9. The first-order chi connectivity index (χ1) is 11.1. The smallest absolute Gasteiger partial charge is 0.338 e. The SMILES string of the molecule is CCOC(=O)[C@H]1O[C@@H]1C(=O)N[C@](C)(CC(C)C)OCC(=O)N(C)C. The number of hydrogen-bond donors (Lipinski definition) is 1. The summed E-state index contributed by atoms with van der Waals surface area (Å²) >= 11 is 0. The van der Waals surface area contributed by atoms with Crippen molar-refractivity contribution in [2.45, 2.75) is 52.0 Å². The highest BCUT2D eigenvalue weighted by molar-refractivity contribution is 5.93. The lowest BCUT2D eigenvalue weighted by Crippen LogP contribution is -2.52. The van der Waals surface area contributed by atoms with Crippen LogP contribution in [0.4, 0.5) is 0 Å². The Kier molecular flexibility index (Phi) is 7.16. The molecule has 0 unspecified atom stereocenters. The van der Waals surface area contributed by atoms with Crippen molar-refractivity contribution in [3.63, 3.8) is 0 Å². The molecule has 8 nitrogen and oxygen atoms in total. The van der Waals surface area contributed by atoms with Gasteiger partial charge in [-0.05, 0) is 26.2 Å². The van der Waals surface area contributed by atoms with Crippen LogP contribution in [0, 0.1) is 5.92 Å². The van der Waals surface area contributed by atoms with Crippen molar-refractivity contribution >= 4 is 17.8 Å². The molecule has 0 aromatic carbocycles. The molecule has 138 valence electrons. The van der Waals surface area contributed by atoms with E-state index in [2.05, 4.69) is 5.32 Å². The molecule has 1 N–H and O–H groups in total. The van der Waals surface area contributed by atoms with E-state index in [0.29, 0.717) is 6.42 Å². The van der Waals surface area contributed by atoms with Crippen LogP contribution < -0.4 is 5.32 Å². The van der Waals surface area contributed by atoms with Crippen molar-refractivity contribution in [2.24, 2.45) is 5.92 Å². The highest BCUT2D eigenvalue weighted by atomic mass is 16.6. The van der Waals surface area contributed by atoms with Gasteiger partial charge in [0.1, 0.15) is 12.3 Å². The number of nitrogens with zero attached hydrogens (tertiary/aromatic N) is 1. The van der Waals surface area contributed by atoms with Crippen molar-refractivity contribution in [2.75, 3.05) is 27.3 Å². The summed E-state index contributed by atoms with van der Waals surface area (Å²) in [5, 5.41) is 2.74. The Hall–Kier alpha value is -1.67. The lowest BCUT2D eigenvalue weighted by atomic mass is 10.0. The van der Waals surface area contributed by atoms with Crippen LogP contribution in [0.25, 0.3) is 0 Å². The molecule has 0 saturated carbocycles. The van der Waals surface area contributed by atoms with E-state index in [1.807, 2.05) is 13.8 Å². The maximum absolute atomic E-state index is 12.3. The number of amides is 2. The Morgan fingerprint density at radius 3 is 2.38 bits per heavy atom. The van der Waals surface area contributed by atoms with Crippen LogP contribution >= 0.6 is 0 Å². The first kappa shape index (κ1) is 20.4. The second-order valence-electron chi connectivity index (χ2n) is 6.62. The highest BCUT2D eigenvalue weighted by Crippen LogP contribution is 2.26. The van der Waals surface area contributed by atoms with E-state index >= 15 is 0 Å². The number of carbonyl (C=O) groups excluding carboxylic acids is 3. The van der Waals surface area contributed by atoms with Gasteiger partial charge in [0.15, 0.2) is 12.2 Å². The summed E-state index contributed by atoms with van der Waals surface area (Å²) in [6, 6.07) is 0. The van der Waals surface area contributed by atoms with E-state index in [0.717, 1.165) is 0 Å². The van der Waals surface area contributed by atoms with Crippen LogP contribution in [-0.4, -0.2) is 67.9 Å². The van der Waals surface area contributed by atoms with Gasteiger partial charge in [0, 0.05) is 14.1 Å². The molecule has 24 heavy (non-hydrogen) atoms. The van der Waals surface area contributed by atoms with Gasteiger partial charge in [0.25, 0.3) is 5.91 Å². The summed E-state index contributed by atoms with van der Waals surface area (Å²) in [5.41, 5.74) is -1.03. The average Bonchev–Trinajstić information content (AvgIpc) is 3.24. The zero-order valence-corrected chi connectivity index (χ0v) is 15.3. The van der Waals surface area contributed by atoms with Gasteiger partial charge < -0.3 is 24.4 Å². The maximum Gasteiger partial charge on any atom is 0.338 e. The highest BCUT2D eigenvalue weighted by Gasteiger charge is 2.52. The van der Waals surface area contributed by atoms with Crippen LogP contribution in [0.1, 0.15) is 34.1 Å². The van der Waals surface area contributed by atoms with Gasteiger partial charge in [-0.2, -0.15) is 0 Å². The Morgan fingerprint density at radius 1 is 1.25 bits per heavy atom. The third-order valence-electron chi connectivity index (χ3n) is 3.47. The molecule has 1 aliphatic heterocycles. The summed E-state index contributed by atoms with van der Waals surface area (Å²) < 4.78 is 15.6. The Morgan fingerprint density at radius 2 is 1.88 bits per heavy atom. The van der Waals surface area contributed by atoms with Crippen molar-refractivity contribution in [3.8, 4) is 0 Å². The van der Waals surface area contributed by atoms with Crippen LogP contribution in [0.2, 0.25) is 0 Å². The van der Waals surface area contributed by atoms with E-state index in [4.69, 9.17) is 14.2 Å². The van der Waals surface area contributed by atoms with Crippen LogP contribution in [0.15, 0.2) is 0 Å². The standard InChI is InChI=1S/C16H28N2O6/c1-7-22-15(21)13-12(24-13)14(20)17-16(4,8-10(2)3)23-9-11(19)18(5)6/h10,12-13H,7-9H2,1-6H3,(H,17,20)/t12-,13-,16-/m0/s1. The second-order valence-corrected chi connectivity index (χ2v) is 6.62. The molecule has 2 amide bonds. The Balaban J connectivity index is 2.63. The van der Waals surface area contributed by atoms with E-state index < -0.39 is 29.8 Å². The summed E-state index contributed by atoms with van der Waals surface area (Å²) in [6.07, 6.45) is -1.23. The fraction of sp³-hybridized carbons (Fsp3) is 0.812. The molecule has 0 aromatic rings. The van der Waals surface area contributed by atoms with Crippen LogP contribution in [0.5, 0.6) is 0 Å². The predicted octanol–water partition coefficient (Wildman–Crippen LogP) is 0.300. The van der Waals surface area contributed by atoms with E-state index in [-0.39, 0.29) is 25.0 Å². The van der Waals surface area contributed by atoms with Gasteiger partial charge in [-0.15, -0.1) is 0 Å². The minimum Gasteiger partial charge on any atom is -0.464 e. The van der Waals surface area contributed by atoms with Gasteiger partial charge in [-0.1, -0.05) is 13.8 Å². The molecule has 0 bridgehead atoms.